The van der Waals surface area contributed by atoms with Gasteiger partial charge in [0.05, 0.1) is 22.1 Å². The maximum atomic E-state index is 6.31. The Labute approximate surface area is 246 Å². The molecule has 0 amide bonds. The van der Waals surface area contributed by atoms with Crippen molar-refractivity contribution in [3.8, 4) is 34.3 Å². The molecule has 3 aromatic heterocycles. The highest BCUT2D eigenvalue weighted by molar-refractivity contribution is 6.10. The molecule has 43 heavy (non-hydrogen) atoms. The van der Waals surface area contributed by atoms with Gasteiger partial charge in [0.2, 0.25) is 11.8 Å². The van der Waals surface area contributed by atoms with Crippen LogP contribution in [0, 0.1) is 0 Å². The highest BCUT2D eigenvalue weighted by Gasteiger charge is 2.19. The summed E-state index contributed by atoms with van der Waals surface area (Å²) in [5.74, 6) is 0.972. The molecule has 9 aromatic rings. The van der Waals surface area contributed by atoms with Crippen molar-refractivity contribution < 1.29 is 4.42 Å². The summed E-state index contributed by atoms with van der Waals surface area (Å²) in [5, 5.41) is 13.8. The highest BCUT2D eigenvalue weighted by Crippen LogP contribution is 2.37. The molecule has 5 nitrogen and oxygen atoms in total. The van der Waals surface area contributed by atoms with Gasteiger partial charge in [-0.3, -0.25) is 0 Å². The Bertz CT molecular complexity index is 2230. The lowest BCUT2D eigenvalue weighted by Gasteiger charge is -2.14. The van der Waals surface area contributed by atoms with Gasteiger partial charge in [0.25, 0.3) is 0 Å². The van der Waals surface area contributed by atoms with E-state index in [1.807, 2.05) is 30.3 Å². The molecule has 0 atom stereocenters. The lowest BCUT2D eigenvalue weighted by atomic mass is 10.1. The average molecular weight is 553 g/mol. The van der Waals surface area contributed by atoms with Crippen LogP contribution in [0.3, 0.4) is 0 Å². The van der Waals surface area contributed by atoms with Gasteiger partial charge in [0.15, 0.2) is 0 Å². The van der Waals surface area contributed by atoms with Crippen LogP contribution in [0.1, 0.15) is 0 Å². The minimum Gasteiger partial charge on any atom is -0.416 e. The van der Waals surface area contributed by atoms with Crippen LogP contribution in [0.2, 0.25) is 0 Å². The molecule has 0 aliphatic carbocycles. The van der Waals surface area contributed by atoms with Gasteiger partial charge < -0.3 is 13.6 Å². The molecule has 0 N–H and O–H groups in total. The van der Waals surface area contributed by atoms with Crippen LogP contribution in [0.4, 0.5) is 0 Å². The van der Waals surface area contributed by atoms with E-state index < -0.39 is 0 Å². The van der Waals surface area contributed by atoms with Crippen LogP contribution in [-0.4, -0.2) is 19.3 Å². The quantitative estimate of drug-likeness (QED) is 0.218. The molecular weight excluding hydrogens is 528 g/mol. The van der Waals surface area contributed by atoms with E-state index in [1.165, 1.54) is 21.5 Å². The number of hydrogen-bond donors (Lipinski definition) is 0. The first-order valence-corrected chi connectivity index (χ1v) is 14.3. The minimum atomic E-state index is 0.475. The fraction of sp³-hybridized carbons (Fsp3) is 0. The third kappa shape index (κ3) is 3.65. The van der Waals surface area contributed by atoms with Gasteiger partial charge in [0, 0.05) is 44.0 Å². The average Bonchev–Trinajstić information content (AvgIpc) is 3.78. The number of rotatable bonds is 4. The SMILES string of the molecule is c1ccc(-c2nnc(-c3cc(-n4c5ccccc5c5ccccc54)cc(-n4c5ccccc5c5ccccc54)c3)o2)cc1. The van der Waals surface area contributed by atoms with Gasteiger partial charge in [-0.2, -0.15) is 0 Å². The second-order valence-electron chi connectivity index (χ2n) is 10.8. The molecule has 0 spiro atoms. The van der Waals surface area contributed by atoms with E-state index in [9.17, 15) is 0 Å². The first-order chi connectivity index (χ1) is 21.3. The molecule has 0 unspecified atom stereocenters. The molecule has 5 heteroatoms. The highest BCUT2D eigenvalue weighted by atomic mass is 16.4. The molecule has 0 aliphatic rings. The van der Waals surface area contributed by atoms with Gasteiger partial charge >= 0.3 is 0 Å². The summed E-state index contributed by atoms with van der Waals surface area (Å²) >= 11 is 0. The minimum absolute atomic E-state index is 0.475. The normalized spacial score (nSPS) is 11.7. The van der Waals surface area contributed by atoms with Gasteiger partial charge in [0.1, 0.15) is 0 Å². The molecule has 202 valence electrons. The molecule has 0 bridgehead atoms. The Morgan fingerprint density at radius 3 is 1.19 bits per heavy atom. The van der Waals surface area contributed by atoms with Crippen molar-refractivity contribution >= 4 is 43.6 Å². The zero-order chi connectivity index (χ0) is 28.3. The molecule has 0 saturated heterocycles. The Balaban J connectivity index is 1.36. The van der Waals surface area contributed by atoms with Crippen molar-refractivity contribution in [2.75, 3.05) is 0 Å². The summed E-state index contributed by atoms with van der Waals surface area (Å²) in [6.45, 7) is 0. The number of para-hydroxylation sites is 4. The van der Waals surface area contributed by atoms with E-state index in [0.717, 1.165) is 44.6 Å². The van der Waals surface area contributed by atoms with E-state index >= 15 is 0 Å². The number of hydrogen-bond acceptors (Lipinski definition) is 3. The van der Waals surface area contributed by atoms with Crippen molar-refractivity contribution in [3.05, 3.63) is 146 Å². The maximum absolute atomic E-state index is 6.31. The molecule has 0 aliphatic heterocycles. The summed E-state index contributed by atoms with van der Waals surface area (Å²) in [4.78, 5) is 0. The Hall–Kier alpha value is -5.94. The maximum Gasteiger partial charge on any atom is 0.248 e. The lowest BCUT2D eigenvalue weighted by Crippen LogP contribution is -2.00. The number of benzene rings is 6. The predicted octanol–water partition coefficient (Wildman–Crippen LogP) is 9.60. The van der Waals surface area contributed by atoms with Crippen LogP contribution in [0.15, 0.2) is 150 Å². The fourth-order valence-electron chi connectivity index (χ4n) is 6.42. The molecule has 0 radical (unpaired) electrons. The van der Waals surface area contributed by atoms with Crippen LogP contribution in [0.5, 0.6) is 0 Å². The van der Waals surface area contributed by atoms with E-state index in [1.54, 1.807) is 0 Å². The Morgan fingerprint density at radius 1 is 0.372 bits per heavy atom. The van der Waals surface area contributed by atoms with E-state index in [2.05, 4.69) is 135 Å². The molecule has 0 fully saturated rings. The number of nitrogens with zero attached hydrogens (tertiary/aromatic N) is 4. The zero-order valence-electron chi connectivity index (χ0n) is 23.1. The standard InChI is InChI=1S/C38H24N4O/c1-2-12-25(13-3-1)37-39-40-38(43-37)26-22-27(41-33-18-8-4-14-29(33)30-15-5-9-19-34(30)41)24-28(23-26)42-35-20-10-6-16-31(35)32-17-7-11-21-36(32)42/h1-24H. The topological polar surface area (TPSA) is 48.8 Å². The summed E-state index contributed by atoms with van der Waals surface area (Å²) in [5.41, 5.74) is 8.36. The first-order valence-electron chi connectivity index (χ1n) is 14.3. The van der Waals surface area contributed by atoms with Gasteiger partial charge in [-0.25, -0.2) is 0 Å². The molecular formula is C38H24N4O. The second kappa shape index (κ2) is 9.29. The zero-order valence-corrected chi connectivity index (χ0v) is 23.1. The second-order valence-corrected chi connectivity index (χ2v) is 10.8. The Kier molecular flexibility index (Phi) is 5.13. The third-order valence-electron chi connectivity index (χ3n) is 8.27. The summed E-state index contributed by atoms with van der Waals surface area (Å²) in [6, 6.07) is 50.7. The van der Waals surface area contributed by atoms with Crippen LogP contribution in [-0.2, 0) is 0 Å². The summed E-state index contributed by atoms with van der Waals surface area (Å²) < 4.78 is 11.0. The predicted molar refractivity (Wildman–Crippen MR) is 174 cm³/mol. The van der Waals surface area contributed by atoms with E-state index in [4.69, 9.17) is 4.42 Å². The largest absolute Gasteiger partial charge is 0.416 e. The molecule has 6 aromatic carbocycles. The van der Waals surface area contributed by atoms with Crippen molar-refractivity contribution in [3.63, 3.8) is 0 Å². The van der Waals surface area contributed by atoms with Crippen molar-refractivity contribution in [1.29, 1.82) is 0 Å². The van der Waals surface area contributed by atoms with E-state index in [-0.39, 0.29) is 0 Å². The first kappa shape index (κ1) is 23.7. The van der Waals surface area contributed by atoms with Crippen molar-refractivity contribution in [1.82, 2.24) is 19.3 Å². The monoisotopic (exact) mass is 552 g/mol. The smallest absolute Gasteiger partial charge is 0.248 e. The van der Waals surface area contributed by atoms with E-state index in [0.29, 0.717) is 11.8 Å². The van der Waals surface area contributed by atoms with Gasteiger partial charge in [-0.05, 0) is 54.6 Å². The van der Waals surface area contributed by atoms with Crippen molar-refractivity contribution in [2.45, 2.75) is 0 Å². The van der Waals surface area contributed by atoms with Crippen LogP contribution >= 0.6 is 0 Å². The van der Waals surface area contributed by atoms with Gasteiger partial charge in [-0.1, -0.05) is 91.0 Å². The lowest BCUT2D eigenvalue weighted by molar-refractivity contribution is 0.584. The molecule has 3 heterocycles. The van der Waals surface area contributed by atoms with Crippen LogP contribution in [0.25, 0.3) is 77.9 Å². The summed E-state index contributed by atoms with van der Waals surface area (Å²) in [6.07, 6.45) is 0. The molecule has 0 saturated carbocycles. The fourth-order valence-corrected chi connectivity index (χ4v) is 6.42. The third-order valence-corrected chi connectivity index (χ3v) is 8.27. The number of fused-ring (bicyclic) bond motifs is 6. The van der Waals surface area contributed by atoms with Crippen molar-refractivity contribution in [2.24, 2.45) is 0 Å². The number of aromatic nitrogens is 4. The summed E-state index contributed by atoms with van der Waals surface area (Å²) in [7, 11) is 0. The van der Waals surface area contributed by atoms with Crippen LogP contribution < -0.4 is 0 Å². The van der Waals surface area contributed by atoms with Gasteiger partial charge in [-0.15, -0.1) is 10.2 Å². The Morgan fingerprint density at radius 2 is 0.744 bits per heavy atom. The molecule has 9 rings (SSSR count).